The van der Waals surface area contributed by atoms with Gasteiger partial charge in [-0.2, -0.15) is 0 Å². The number of halogens is 4. The predicted octanol–water partition coefficient (Wildman–Crippen LogP) is 3.99. The van der Waals surface area contributed by atoms with Gasteiger partial charge in [0.2, 0.25) is 0 Å². The third-order valence-electron chi connectivity index (χ3n) is 2.80. The maximum atomic E-state index is 12.1. The van der Waals surface area contributed by atoms with Crippen LogP contribution in [0, 0.1) is 3.57 Å². The summed E-state index contributed by atoms with van der Waals surface area (Å²) in [6, 6.07) is 11.3. The average molecular weight is 465 g/mol. The van der Waals surface area contributed by atoms with Gasteiger partial charge < -0.3 is 14.8 Å². The van der Waals surface area contributed by atoms with Gasteiger partial charge in [0.05, 0.1) is 5.56 Å². The molecular weight excluding hydrogens is 454 g/mol. The standard InChI is InChI=1S/C16H11F3INO4/c17-16(18,19)25-11-7-5-10(6-8-11)21-14(22)9-24-15(23)12-3-1-2-4-13(12)20/h1-8H,9H2,(H,21,22). The Labute approximate surface area is 154 Å². The van der Waals surface area contributed by atoms with Crippen molar-refractivity contribution in [2.24, 2.45) is 0 Å². The first-order valence-corrected chi connectivity index (χ1v) is 7.90. The summed E-state index contributed by atoms with van der Waals surface area (Å²) in [5.41, 5.74) is 0.578. The first-order chi connectivity index (χ1) is 11.7. The highest BCUT2D eigenvalue weighted by Crippen LogP contribution is 2.23. The van der Waals surface area contributed by atoms with Crippen molar-refractivity contribution in [3.8, 4) is 5.75 Å². The van der Waals surface area contributed by atoms with Gasteiger partial charge in [-0.1, -0.05) is 12.1 Å². The summed E-state index contributed by atoms with van der Waals surface area (Å²) < 4.78 is 45.5. The second-order valence-corrected chi connectivity index (χ2v) is 5.84. The third kappa shape index (κ3) is 6.25. The molecule has 2 aromatic rings. The number of benzene rings is 2. The van der Waals surface area contributed by atoms with Crippen LogP contribution >= 0.6 is 22.6 Å². The number of anilines is 1. The highest BCUT2D eigenvalue weighted by atomic mass is 127. The van der Waals surface area contributed by atoms with Crippen molar-refractivity contribution in [2.75, 3.05) is 11.9 Å². The molecule has 25 heavy (non-hydrogen) atoms. The molecule has 0 fully saturated rings. The number of ether oxygens (including phenoxy) is 2. The number of hydrogen-bond donors (Lipinski definition) is 1. The summed E-state index contributed by atoms with van der Waals surface area (Å²) in [6.07, 6.45) is -4.78. The quantitative estimate of drug-likeness (QED) is 0.536. The Hall–Kier alpha value is -2.30. The van der Waals surface area contributed by atoms with Gasteiger partial charge in [-0.15, -0.1) is 13.2 Å². The monoisotopic (exact) mass is 465 g/mol. The Kier molecular flexibility index (Phi) is 6.23. The number of carbonyl (C=O) groups excluding carboxylic acids is 2. The lowest BCUT2D eigenvalue weighted by Gasteiger charge is -2.10. The fraction of sp³-hybridized carbons (Fsp3) is 0.125. The van der Waals surface area contributed by atoms with Crippen LogP contribution in [0.1, 0.15) is 10.4 Å². The Morgan fingerprint density at radius 1 is 1.04 bits per heavy atom. The van der Waals surface area contributed by atoms with E-state index in [1.165, 1.54) is 12.1 Å². The summed E-state index contributed by atoms with van der Waals surface area (Å²) in [6.45, 7) is -0.523. The molecule has 1 N–H and O–H groups in total. The lowest BCUT2D eigenvalue weighted by molar-refractivity contribution is -0.274. The lowest BCUT2D eigenvalue weighted by Crippen LogP contribution is -2.21. The number of carbonyl (C=O) groups is 2. The van der Waals surface area contributed by atoms with Crippen LogP contribution in [0.3, 0.4) is 0 Å². The molecule has 0 aliphatic rings. The molecule has 0 unspecified atom stereocenters. The molecule has 132 valence electrons. The molecule has 0 aromatic heterocycles. The molecule has 0 aliphatic heterocycles. The van der Waals surface area contributed by atoms with E-state index in [0.29, 0.717) is 9.13 Å². The van der Waals surface area contributed by atoms with E-state index in [1.807, 2.05) is 22.6 Å². The number of alkyl halides is 3. The molecule has 5 nitrogen and oxygen atoms in total. The molecule has 2 aromatic carbocycles. The van der Waals surface area contributed by atoms with E-state index in [1.54, 1.807) is 24.3 Å². The number of nitrogens with one attached hydrogen (secondary N) is 1. The molecule has 1 amide bonds. The number of amides is 1. The van der Waals surface area contributed by atoms with Crippen molar-refractivity contribution in [3.63, 3.8) is 0 Å². The molecule has 2 rings (SSSR count). The Morgan fingerprint density at radius 3 is 2.28 bits per heavy atom. The van der Waals surface area contributed by atoms with E-state index in [4.69, 9.17) is 4.74 Å². The average Bonchev–Trinajstić information content (AvgIpc) is 2.53. The maximum Gasteiger partial charge on any atom is 0.573 e. The highest BCUT2D eigenvalue weighted by molar-refractivity contribution is 14.1. The van der Waals surface area contributed by atoms with Gasteiger partial charge in [-0.25, -0.2) is 4.79 Å². The molecule has 0 aliphatic carbocycles. The highest BCUT2D eigenvalue weighted by Gasteiger charge is 2.30. The van der Waals surface area contributed by atoms with Crippen LogP contribution in [-0.2, 0) is 9.53 Å². The molecule has 0 spiro atoms. The molecule has 0 atom stereocenters. The van der Waals surface area contributed by atoms with Gasteiger partial charge >= 0.3 is 12.3 Å². The molecule has 0 saturated heterocycles. The fourth-order valence-corrected chi connectivity index (χ4v) is 2.38. The number of esters is 1. The Bertz CT molecular complexity index is 763. The van der Waals surface area contributed by atoms with Crippen molar-refractivity contribution in [1.29, 1.82) is 0 Å². The van der Waals surface area contributed by atoms with Gasteiger partial charge in [0.25, 0.3) is 5.91 Å². The second kappa shape index (κ2) is 8.19. The summed E-state index contributed by atoms with van der Waals surface area (Å²) in [7, 11) is 0. The normalized spacial score (nSPS) is 10.9. The summed E-state index contributed by atoms with van der Waals surface area (Å²) in [4.78, 5) is 23.6. The SMILES string of the molecule is O=C(COC(=O)c1ccccc1I)Nc1ccc(OC(F)(F)F)cc1. The number of rotatable bonds is 5. The van der Waals surface area contributed by atoms with Crippen LogP contribution in [-0.4, -0.2) is 24.8 Å². The minimum atomic E-state index is -4.78. The molecule has 9 heteroatoms. The molecule has 0 heterocycles. The topological polar surface area (TPSA) is 64.6 Å². The minimum absolute atomic E-state index is 0.241. The third-order valence-corrected chi connectivity index (χ3v) is 3.74. The van der Waals surface area contributed by atoms with E-state index in [9.17, 15) is 22.8 Å². The Balaban J connectivity index is 1.86. The van der Waals surface area contributed by atoms with Crippen molar-refractivity contribution >= 4 is 40.2 Å². The zero-order valence-electron chi connectivity index (χ0n) is 12.5. The molecule has 0 radical (unpaired) electrons. The minimum Gasteiger partial charge on any atom is -0.452 e. The predicted molar refractivity (Wildman–Crippen MR) is 91.2 cm³/mol. The first-order valence-electron chi connectivity index (χ1n) is 6.82. The zero-order chi connectivity index (χ0) is 18.4. The van der Waals surface area contributed by atoms with Crippen molar-refractivity contribution in [3.05, 3.63) is 57.7 Å². The maximum absolute atomic E-state index is 12.1. The summed E-state index contributed by atoms with van der Waals surface area (Å²) in [5, 5.41) is 2.40. The molecular formula is C16H11F3INO4. The zero-order valence-corrected chi connectivity index (χ0v) is 14.6. The van der Waals surface area contributed by atoms with Crippen LogP contribution in [0.2, 0.25) is 0 Å². The Morgan fingerprint density at radius 2 is 1.68 bits per heavy atom. The smallest absolute Gasteiger partial charge is 0.452 e. The first kappa shape index (κ1) is 19.0. The largest absolute Gasteiger partial charge is 0.573 e. The number of hydrogen-bond acceptors (Lipinski definition) is 4. The van der Waals surface area contributed by atoms with Crippen molar-refractivity contribution in [2.45, 2.75) is 6.36 Å². The van der Waals surface area contributed by atoms with Gasteiger partial charge in [0, 0.05) is 9.26 Å². The van der Waals surface area contributed by atoms with E-state index in [0.717, 1.165) is 12.1 Å². The van der Waals surface area contributed by atoms with Crippen LogP contribution in [0.15, 0.2) is 48.5 Å². The van der Waals surface area contributed by atoms with Crippen molar-refractivity contribution in [1.82, 2.24) is 0 Å². The van der Waals surface area contributed by atoms with E-state index >= 15 is 0 Å². The molecule has 0 bridgehead atoms. The van der Waals surface area contributed by atoms with E-state index < -0.39 is 30.6 Å². The van der Waals surface area contributed by atoms with Gasteiger partial charge in [-0.3, -0.25) is 4.79 Å². The van der Waals surface area contributed by atoms with Crippen molar-refractivity contribution < 1.29 is 32.2 Å². The van der Waals surface area contributed by atoms with Crippen LogP contribution < -0.4 is 10.1 Å². The second-order valence-electron chi connectivity index (χ2n) is 4.68. The van der Waals surface area contributed by atoms with E-state index in [-0.39, 0.29) is 5.69 Å². The summed E-state index contributed by atoms with van der Waals surface area (Å²) in [5.74, 6) is -1.67. The van der Waals surface area contributed by atoms with Crippen LogP contribution in [0.4, 0.5) is 18.9 Å². The van der Waals surface area contributed by atoms with Gasteiger partial charge in [-0.05, 0) is 59.0 Å². The molecule has 0 saturated carbocycles. The fourth-order valence-electron chi connectivity index (χ4n) is 1.77. The van der Waals surface area contributed by atoms with E-state index in [2.05, 4.69) is 10.1 Å². The van der Waals surface area contributed by atoms with Crippen LogP contribution in [0.5, 0.6) is 5.75 Å². The van der Waals surface area contributed by atoms with Gasteiger partial charge in [0.1, 0.15) is 5.75 Å². The summed E-state index contributed by atoms with van der Waals surface area (Å²) >= 11 is 1.97. The van der Waals surface area contributed by atoms with Crippen LogP contribution in [0.25, 0.3) is 0 Å². The lowest BCUT2D eigenvalue weighted by atomic mass is 10.2. The van der Waals surface area contributed by atoms with Gasteiger partial charge in [0.15, 0.2) is 6.61 Å².